The van der Waals surface area contributed by atoms with E-state index in [4.69, 9.17) is 5.11 Å². The first-order chi connectivity index (χ1) is 8.62. The van der Waals surface area contributed by atoms with Crippen LogP contribution in [0.3, 0.4) is 0 Å². The Balaban J connectivity index is 2.97. The fourth-order valence-electron chi connectivity index (χ4n) is 2.41. The number of carboxylic acids is 1. The second-order valence-electron chi connectivity index (χ2n) is 5.86. The Kier molecular flexibility index (Phi) is 5.10. The highest BCUT2D eigenvalue weighted by molar-refractivity contribution is 7.11. The minimum absolute atomic E-state index is 0.0845. The summed E-state index contributed by atoms with van der Waals surface area (Å²) in [7, 11) is 0. The average Bonchev–Trinajstić information content (AvgIpc) is 2.55. The number of aliphatic carboxylic acids is 1. The summed E-state index contributed by atoms with van der Waals surface area (Å²) in [4.78, 5) is 18.8. The van der Waals surface area contributed by atoms with Crippen LogP contribution in [0.15, 0.2) is 0 Å². The van der Waals surface area contributed by atoms with Gasteiger partial charge in [-0.1, -0.05) is 0 Å². The van der Waals surface area contributed by atoms with Crippen molar-refractivity contribution in [1.29, 1.82) is 0 Å². The Morgan fingerprint density at radius 2 is 2.00 bits per heavy atom. The second-order valence-corrected chi connectivity index (χ2v) is 7.27. The van der Waals surface area contributed by atoms with Crippen molar-refractivity contribution in [3.63, 3.8) is 0 Å². The summed E-state index contributed by atoms with van der Waals surface area (Å²) in [6.45, 7) is 13.1. The molecule has 1 unspecified atom stereocenters. The summed E-state index contributed by atoms with van der Waals surface area (Å²) in [5.74, 6) is -0.757. The van der Waals surface area contributed by atoms with E-state index in [1.165, 1.54) is 4.88 Å². The van der Waals surface area contributed by atoms with Crippen LogP contribution in [-0.2, 0) is 4.79 Å². The van der Waals surface area contributed by atoms with E-state index in [0.717, 1.165) is 10.7 Å². The summed E-state index contributed by atoms with van der Waals surface area (Å²) in [5, 5.41) is 9.96. The quantitative estimate of drug-likeness (QED) is 0.900. The van der Waals surface area contributed by atoms with Gasteiger partial charge >= 0.3 is 5.97 Å². The summed E-state index contributed by atoms with van der Waals surface area (Å²) in [6, 6.07) is 0.129. The molecule has 1 rings (SSSR count). The number of carbonyl (C=O) groups is 1. The molecule has 108 valence electrons. The maximum atomic E-state index is 10.8. The lowest BCUT2D eigenvalue weighted by Crippen LogP contribution is -2.44. The van der Waals surface area contributed by atoms with Gasteiger partial charge in [-0.25, -0.2) is 4.98 Å². The monoisotopic (exact) mass is 284 g/mol. The molecular formula is C14H24N2O2S. The third kappa shape index (κ3) is 4.28. The average molecular weight is 284 g/mol. The van der Waals surface area contributed by atoms with Crippen LogP contribution in [0.1, 0.15) is 55.7 Å². The van der Waals surface area contributed by atoms with Crippen LogP contribution >= 0.6 is 11.3 Å². The third-order valence-electron chi connectivity index (χ3n) is 3.23. The smallest absolute Gasteiger partial charge is 0.304 e. The molecule has 4 nitrogen and oxygen atoms in total. The van der Waals surface area contributed by atoms with Crippen LogP contribution in [0.2, 0.25) is 0 Å². The zero-order valence-electron chi connectivity index (χ0n) is 12.6. The maximum absolute atomic E-state index is 10.8. The normalized spacial score (nSPS) is 13.8. The van der Waals surface area contributed by atoms with Gasteiger partial charge in [0.25, 0.3) is 0 Å². The van der Waals surface area contributed by atoms with E-state index in [9.17, 15) is 4.79 Å². The zero-order chi connectivity index (χ0) is 14.8. The van der Waals surface area contributed by atoms with Crippen molar-refractivity contribution < 1.29 is 9.90 Å². The molecule has 0 aliphatic carbocycles. The molecule has 1 heterocycles. The molecule has 0 fully saturated rings. The lowest BCUT2D eigenvalue weighted by atomic mass is 10.0. The molecule has 1 aromatic heterocycles. The highest BCUT2D eigenvalue weighted by Gasteiger charge is 2.29. The number of thiazole rings is 1. The van der Waals surface area contributed by atoms with Crippen molar-refractivity contribution in [3.8, 4) is 0 Å². The number of nitrogens with zero attached hydrogens (tertiary/aromatic N) is 2. The van der Waals surface area contributed by atoms with Crippen molar-refractivity contribution in [2.75, 3.05) is 6.54 Å². The van der Waals surface area contributed by atoms with Crippen LogP contribution in [-0.4, -0.2) is 33.0 Å². The lowest BCUT2D eigenvalue weighted by Gasteiger charge is -2.39. The number of aromatic nitrogens is 1. The van der Waals surface area contributed by atoms with Crippen molar-refractivity contribution in [1.82, 2.24) is 9.88 Å². The van der Waals surface area contributed by atoms with Gasteiger partial charge in [0.1, 0.15) is 0 Å². The summed E-state index contributed by atoms with van der Waals surface area (Å²) in [6.07, 6.45) is 0.157. The topological polar surface area (TPSA) is 53.4 Å². The SMILES string of the molecule is Cc1nc(C(C)N(CCC(=O)O)C(C)(C)C)c(C)s1. The fourth-order valence-corrected chi connectivity index (χ4v) is 3.31. The highest BCUT2D eigenvalue weighted by atomic mass is 32.1. The number of rotatable bonds is 5. The van der Waals surface area contributed by atoms with Crippen molar-refractivity contribution in [2.45, 2.75) is 59.5 Å². The van der Waals surface area contributed by atoms with E-state index in [1.807, 2.05) is 6.92 Å². The van der Waals surface area contributed by atoms with E-state index in [2.05, 4.69) is 44.5 Å². The molecule has 0 amide bonds. The molecule has 19 heavy (non-hydrogen) atoms. The molecule has 0 saturated heterocycles. The number of carboxylic acid groups (broad SMARTS) is 1. The lowest BCUT2D eigenvalue weighted by molar-refractivity contribution is -0.137. The van der Waals surface area contributed by atoms with Gasteiger partial charge in [0.15, 0.2) is 0 Å². The van der Waals surface area contributed by atoms with E-state index in [0.29, 0.717) is 6.54 Å². The second kappa shape index (κ2) is 6.01. The Morgan fingerprint density at radius 1 is 1.42 bits per heavy atom. The van der Waals surface area contributed by atoms with Gasteiger partial charge in [-0.2, -0.15) is 0 Å². The number of aryl methyl sites for hydroxylation is 2. The van der Waals surface area contributed by atoms with Gasteiger partial charge in [-0.3, -0.25) is 9.69 Å². The number of hydrogen-bond acceptors (Lipinski definition) is 4. The maximum Gasteiger partial charge on any atom is 0.304 e. The predicted octanol–water partition coefficient (Wildman–Crippen LogP) is 3.40. The van der Waals surface area contributed by atoms with Gasteiger partial charge in [0.05, 0.1) is 23.2 Å². The van der Waals surface area contributed by atoms with Crippen molar-refractivity contribution in [3.05, 3.63) is 15.6 Å². The summed E-state index contributed by atoms with van der Waals surface area (Å²) in [5.41, 5.74) is 0.988. The molecule has 0 saturated carbocycles. The Morgan fingerprint density at radius 3 is 2.37 bits per heavy atom. The molecule has 1 aromatic rings. The van der Waals surface area contributed by atoms with Crippen LogP contribution < -0.4 is 0 Å². The van der Waals surface area contributed by atoms with Gasteiger partial charge in [-0.05, 0) is 41.5 Å². The zero-order valence-corrected chi connectivity index (χ0v) is 13.5. The fraction of sp³-hybridized carbons (Fsp3) is 0.714. The molecule has 1 atom stereocenters. The van der Waals surface area contributed by atoms with Gasteiger partial charge in [0, 0.05) is 17.0 Å². The van der Waals surface area contributed by atoms with Crippen molar-refractivity contribution in [2.24, 2.45) is 0 Å². The largest absolute Gasteiger partial charge is 0.481 e. The van der Waals surface area contributed by atoms with E-state index < -0.39 is 5.97 Å². The van der Waals surface area contributed by atoms with Gasteiger partial charge in [0.2, 0.25) is 0 Å². The van der Waals surface area contributed by atoms with Crippen LogP contribution in [0.25, 0.3) is 0 Å². The van der Waals surface area contributed by atoms with E-state index in [1.54, 1.807) is 11.3 Å². The van der Waals surface area contributed by atoms with Crippen LogP contribution in [0, 0.1) is 13.8 Å². The Hall–Kier alpha value is -0.940. The molecule has 0 aliphatic heterocycles. The van der Waals surface area contributed by atoms with E-state index in [-0.39, 0.29) is 18.0 Å². The summed E-state index contributed by atoms with van der Waals surface area (Å²) < 4.78 is 0. The molecule has 0 bridgehead atoms. The van der Waals surface area contributed by atoms with Gasteiger partial charge in [-0.15, -0.1) is 11.3 Å². The van der Waals surface area contributed by atoms with E-state index >= 15 is 0 Å². The number of hydrogen-bond donors (Lipinski definition) is 1. The molecule has 0 spiro atoms. The first-order valence-corrected chi connectivity index (χ1v) is 7.37. The predicted molar refractivity (Wildman–Crippen MR) is 78.7 cm³/mol. The Bertz CT molecular complexity index is 449. The van der Waals surface area contributed by atoms with Crippen LogP contribution in [0.5, 0.6) is 0 Å². The van der Waals surface area contributed by atoms with Crippen molar-refractivity contribution >= 4 is 17.3 Å². The van der Waals surface area contributed by atoms with Gasteiger partial charge < -0.3 is 5.11 Å². The first-order valence-electron chi connectivity index (χ1n) is 6.55. The third-order valence-corrected chi connectivity index (χ3v) is 4.13. The Labute approximate surface area is 119 Å². The standard InChI is InChI=1S/C14H24N2O2S/c1-9(13-10(2)19-11(3)15-13)16(14(4,5)6)8-7-12(17)18/h9H,7-8H2,1-6H3,(H,17,18). The molecule has 0 aliphatic rings. The molecule has 0 radical (unpaired) electrons. The van der Waals surface area contributed by atoms with Crippen LogP contribution in [0.4, 0.5) is 0 Å². The minimum Gasteiger partial charge on any atom is -0.481 e. The molecule has 1 N–H and O–H groups in total. The first kappa shape index (κ1) is 16.1. The molecule has 0 aromatic carbocycles. The molecule has 5 heteroatoms. The summed E-state index contributed by atoms with van der Waals surface area (Å²) >= 11 is 1.70. The highest BCUT2D eigenvalue weighted by Crippen LogP contribution is 2.31. The molecular weight excluding hydrogens is 260 g/mol. The minimum atomic E-state index is -0.757.